The van der Waals surface area contributed by atoms with Crippen LogP contribution in [0.4, 0.5) is 0 Å². The molecule has 0 unspecified atom stereocenters. The molecule has 1 nitrogen and oxygen atoms in total. The van der Waals surface area contributed by atoms with Gasteiger partial charge in [0.15, 0.2) is 0 Å². The molecule has 1 aromatic rings. The quantitative estimate of drug-likeness (QED) is 0.681. The Labute approximate surface area is 109 Å². The van der Waals surface area contributed by atoms with Crippen molar-refractivity contribution < 1.29 is 4.79 Å². The maximum atomic E-state index is 12.2. The van der Waals surface area contributed by atoms with Gasteiger partial charge >= 0.3 is 0 Å². The summed E-state index contributed by atoms with van der Waals surface area (Å²) in [5.41, 5.74) is 5.36. The van der Waals surface area contributed by atoms with Gasteiger partial charge in [-0.15, -0.1) is 0 Å². The largest absolute Gasteiger partial charge is 0.299 e. The molecule has 0 aliphatic heterocycles. The van der Waals surface area contributed by atoms with E-state index in [1.165, 1.54) is 22.3 Å². The van der Waals surface area contributed by atoms with Crippen molar-refractivity contribution in [2.24, 2.45) is 11.8 Å². The number of aryl methyl sites for hydroxylation is 3. The molecule has 1 aromatic carbocycles. The lowest BCUT2D eigenvalue weighted by Crippen LogP contribution is -2.24. The van der Waals surface area contributed by atoms with E-state index in [1.54, 1.807) is 0 Å². The Balaban J connectivity index is 2.09. The van der Waals surface area contributed by atoms with Crippen molar-refractivity contribution in [2.75, 3.05) is 0 Å². The molecular weight excluding hydrogens is 220 g/mol. The second-order valence-electron chi connectivity index (χ2n) is 5.92. The van der Waals surface area contributed by atoms with Crippen molar-refractivity contribution in [3.05, 3.63) is 46.5 Å². The molecule has 18 heavy (non-hydrogen) atoms. The molecule has 0 spiro atoms. The molecular formula is C17H20O. The molecule has 3 atom stereocenters. The maximum absolute atomic E-state index is 12.2. The summed E-state index contributed by atoms with van der Waals surface area (Å²) >= 11 is 0. The highest BCUT2D eigenvalue weighted by molar-refractivity contribution is 5.89. The van der Waals surface area contributed by atoms with Gasteiger partial charge < -0.3 is 0 Å². The van der Waals surface area contributed by atoms with E-state index in [4.69, 9.17) is 0 Å². The summed E-state index contributed by atoms with van der Waals surface area (Å²) in [6, 6.07) is 4.48. The summed E-state index contributed by atoms with van der Waals surface area (Å²) in [6.07, 6.45) is 6.55. The van der Waals surface area contributed by atoms with E-state index >= 15 is 0 Å². The van der Waals surface area contributed by atoms with Crippen LogP contribution in [0.2, 0.25) is 0 Å². The first-order valence-electron chi connectivity index (χ1n) is 6.87. The van der Waals surface area contributed by atoms with Crippen molar-refractivity contribution in [1.82, 2.24) is 0 Å². The zero-order valence-electron chi connectivity index (χ0n) is 11.4. The Morgan fingerprint density at radius 2 is 1.67 bits per heavy atom. The zero-order chi connectivity index (χ0) is 12.9. The van der Waals surface area contributed by atoms with Gasteiger partial charge in [-0.25, -0.2) is 0 Å². The number of fused-ring (bicyclic) bond motifs is 2. The number of carbonyl (C=O) groups excluding carboxylic acids is 1. The molecule has 0 aromatic heterocycles. The Bertz CT molecular complexity index is 516. The average Bonchev–Trinajstić information content (AvgIpc) is 2.53. The topological polar surface area (TPSA) is 17.1 Å². The van der Waals surface area contributed by atoms with Gasteiger partial charge in [0, 0.05) is 17.8 Å². The minimum atomic E-state index is 0.220. The number of benzene rings is 1. The fourth-order valence-corrected chi connectivity index (χ4v) is 3.87. The van der Waals surface area contributed by atoms with Crippen LogP contribution in [-0.2, 0) is 4.79 Å². The minimum absolute atomic E-state index is 0.220. The third-order valence-electron chi connectivity index (χ3n) is 4.58. The van der Waals surface area contributed by atoms with Crippen molar-refractivity contribution >= 4 is 5.78 Å². The molecule has 2 aliphatic carbocycles. The number of Topliss-reactive ketones (excluding diaryl/α,β-unsaturated/α-hetero) is 1. The number of allylic oxidation sites excluding steroid dienone is 2. The molecule has 2 aliphatic rings. The van der Waals surface area contributed by atoms with E-state index < -0.39 is 0 Å². The first-order chi connectivity index (χ1) is 8.58. The van der Waals surface area contributed by atoms with Gasteiger partial charge in [-0.1, -0.05) is 29.8 Å². The van der Waals surface area contributed by atoms with E-state index in [9.17, 15) is 4.79 Å². The molecule has 1 saturated carbocycles. The molecule has 0 saturated heterocycles. The summed E-state index contributed by atoms with van der Waals surface area (Å²) in [7, 11) is 0. The Kier molecular flexibility index (Phi) is 2.65. The van der Waals surface area contributed by atoms with Crippen LogP contribution in [0.1, 0.15) is 41.0 Å². The summed E-state index contributed by atoms with van der Waals surface area (Å²) < 4.78 is 0. The van der Waals surface area contributed by atoms with Crippen molar-refractivity contribution in [1.29, 1.82) is 0 Å². The number of carbonyl (C=O) groups is 1. The summed E-state index contributed by atoms with van der Waals surface area (Å²) in [4.78, 5) is 12.2. The molecule has 0 N–H and O–H groups in total. The first kappa shape index (κ1) is 11.7. The predicted octanol–water partition coefficient (Wildman–Crippen LogP) is 3.86. The first-order valence-corrected chi connectivity index (χ1v) is 6.87. The summed E-state index contributed by atoms with van der Waals surface area (Å²) in [6.45, 7) is 6.49. The number of hydrogen-bond donors (Lipinski definition) is 0. The van der Waals surface area contributed by atoms with E-state index in [0.717, 1.165) is 12.8 Å². The van der Waals surface area contributed by atoms with E-state index in [2.05, 4.69) is 45.1 Å². The van der Waals surface area contributed by atoms with Gasteiger partial charge in [-0.05, 0) is 50.3 Å². The van der Waals surface area contributed by atoms with Gasteiger partial charge in [-0.3, -0.25) is 4.79 Å². The molecule has 3 rings (SSSR count). The molecule has 2 bridgehead atoms. The maximum Gasteiger partial charge on any atom is 0.143 e. The van der Waals surface area contributed by atoms with Crippen LogP contribution in [0.15, 0.2) is 24.3 Å². The third-order valence-corrected chi connectivity index (χ3v) is 4.58. The van der Waals surface area contributed by atoms with Crippen LogP contribution in [0.25, 0.3) is 0 Å². The fraction of sp³-hybridized carbons (Fsp3) is 0.471. The standard InChI is InChI=1S/C17H20O/c1-10-8-11(2)16(12(3)9-10)14-6-4-13-5-7-15(14)17(13)18/h4,6,8-9,13-15H,5,7H2,1-3H3/t13-,14-,15-/m0/s1. The van der Waals surface area contributed by atoms with Gasteiger partial charge in [0.2, 0.25) is 0 Å². The lowest BCUT2D eigenvalue weighted by atomic mass is 9.76. The lowest BCUT2D eigenvalue weighted by molar-refractivity contribution is -0.123. The zero-order valence-corrected chi connectivity index (χ0v) is 11.4. The van der Waals surface area contributed by atoms with E-state index in [0.29, 0.717) is 11.7 Å². The van der Waals surface area contributed by atoms with Crippen LogP contribution in [0.3, 0.4) is 0 Å². The Hall–Kier alpha value is -1.37. The van der Waals surface area contributed by atoms with E-state index in [-0.39, 0.29) is 11.8 Å². The van der Waals surface area contributed by atoms with E-state index in [1.807, 2.05) is 0 Å². The van der Waals surface area contributed by atoms with Crippen LogP contribution < -0.4 is 0 Å². The Morgan fingerprint density at radius 1 is 1.00 bits per heavy atom. The summed E-state index contributed by atoms with van der Waals surface area (Å²) in [5, 5.41) is 0. The van der Waals surface area contributed by atoms with Crippen molar-refractivity contribution in [3.8, 4) is 0 Å². The number of rotatable bonds is 1. The van der Waals surface area contributed by atoms with Crippen molar-refractivity contribution in [3.63, 3.8) is 0 Å². The smallest absolute Gasteiger partial charge is 0.143 e. The second-order valence-corrected chi connectivity index (χ2v) is 5.92. The third kappa shape index (κ3) is 1.65. The highest BCUT2D eigenvalue weighted by atomic mass is 16.1. The van der Waals surface area contributed by atoms with Crippen LogP contribution in [-0.4, -0.2) is 5.78 Å². The van der Waals surface area contributed by atoms with Gasteiger partial charge in [0.25, 0.3) is 0 Å². The normalized spacial score (nSPS) is 29.9. The average molecular weight is 240 g/mol. The fourth-order valence-electron chi connectivity index (χ4n) is 3.87. The monoisotopic (exact) mass is 240 g/mol. The Morgan fingerprint density at radius 3 is 2.33 bits per heavy atom. The highest BCUT2D eigenvalue weighted by Crippen LogP contribution is 2.45. The summed E-state index contributed by atoms with van der Waals surface area (Å²) in [5.74, 6) is 1.25. The predicted molar refractivity (Wildman–Crippen MR) is 73.8 cm³/mol. The van der Waals surface area contributed by atoms with Crippen LogP contribution in [0, 0.1) is 32.6 Å². The van der Waals surface area contributed by atoms with Gasteiger partial charge in [0.05, 0.1) is 0 Å². The van der Waals surface area contributed by atoms with Gasteiger partial charge in [0.1, 0.15) is 5.78 Å². The molecule has 0 heterocycles. The van der Waals surface area contributed by atoms with Crippen LogP contribution in [0.5, 0.6) is 0 Å². The second kappa shape index (κ2) is 4.08. The molecule has 94 valence electrons. The van der Waals surface area contributed by atoms with Crippen molar-refractivity contribution in [2.45, 2.75) is 39.5 Å². The highest BCUT2D eigenvalue weighted by Gasteiger charge is 2.41. The number of ketones is 1. The molecule has 0 amide bonds. The molecule has 0 radical (unpaired) electrons. The SMILES string of the molecule is Cc1cc(C)c([C@H]2C=C[C@H]3CC[C@@H]2C3=O)c(C)c1. The minimum Gasteiger partial charge on any atom is -0.299 e. The lowest BCUT2D eigenvalue weighted by Gasteiger charge is -2.26. The van der Waals surface area contributed by atoms with Gasteiger partial charge in [-0.2, -0.15) is 0 Å². The number of hydrogen-bond acceptors (Lipinski definition) is 1. The van der Waals surface area contributed by atoms with Crippen LogP contribution >= 0.6 is 0 Å². The molecule has 1 heteroatoms. The molecule has 1 fully saturated rings.